The zero-order valence-corrected chi connectivity index (χ0v) is 11.6. The number of nitrogens with zero attached hydrogens (tertiary/aromatic N) is 2. The van der Waals surface area contributed by atoms with Crippen molar-refractivity contribution in [1.82, 2.24) is 9.88 Å². The molecule has 104 valence electrons. The first-order valence-electron chi connectivity index (χ1n) is 6.66. The van der Waals surface area contributed by atoms with Crippen LogP contribution in [0, 0.1) is 5.92 Å². The smallest absolute Gasteiger partial charge is 0.356 e. The Balaban J connectivity index is 1.87. The van der Waals surface area contributed by atoms with Crippen molar-refractivity contribution in [3.63, 3.8) is 0 Å². The molecule has 1 aliphatic rings. The lowest BCUT2D eigenvalue weighted by atomic mass is 9.97. The third-order valence-electron chi connectivity index (χ3n) is 3.59. The predicted molar refractivity (Wildman–Crippen MR) is 74.3 cm³/mol. The molecule has 1 fully saturated rings. The SMILES string of the molecule is COC(=O)c1cc(NCC2CCN(C)CC2)ccn1. The average molecular weight is 263 g/mol. The number of hydrogen-bond donors (Lipinski definition) is 1. The maximum atomic E-state index is 11.4. The summed E-state index contributed by atoms with van der Waals surface area (Å²) in [6, 6.07) is 3.61. The van der Waals surface area contributed by atoms with Gasteiger partial charge in [-0.3, -0.25) is 0 Å². The van der Waals surface area contributed by atoms with Crippen LogP contribution in [0.15, 0.2) is 18.3 Å². The van der Waals surface area contributed by atoms with E-state index in [1.165, 1.54) is 20.0 Å². The number of aromatic nitrogens is 1. The fourth-order valence-corrected chi connectivity index (χ4v) is 2.29. The van der Waals surface area contributed by atoms with Gasteiger partial charge in [0.25, 0.3) is 0 Å². The number of piperidine rings is 1. The highest BCUT2D eigenvalue weighted by atomic mass is 16.5. The summed E-state index contributed by atoms with van der Waals surface area (Å²) in [6.45, 7) is 3.27. The molecule has 0 radical (unpaired) electrons. The molecule has 0 unspecified atom stereocenters. The molecule has 0 spiro atoms. The average Bonchev–Trinajstić information content (AvgIpc) is 2.46. The number of ether oxygens (including phenoxy) is 1. The van der Waals surface area contributed by atoms with Crippen molar-refractivity contribution in [2.24, 2.45) is 5.92 Å². The molecule has 1 aliphatic heterocycles. The molecule has 5 heteroatoms. The van der Waals surface area contributed by atoms with Crippen LogP contribution in [0.2, 0.25) is 0 Å². The second-order valence-corrected chi connectivity index (χ2v) is 5.05. The number of carbonyl (C=O) groups is 1. The second kappa shape index (κ2) is 6.52. The molecular formula is C14H21N3O2. The van der Waals surface area contributed by atoms with E-state index in [-0.39, 0.29) is 0 Å². The molecule has 0 amide bonds. The molecule has 0 atom stereocenters. The number of pyridine rings is 1. The Morgan fingerprint density at radius 3 is 2.95 bits per heavy atom. The number of rotatable bonds is 4. The number of hydrogen-bond acceptors (Lipinski definition) is 5. The Hall–Kier alpha value is -1.62. The van der Waals surface area contributed by atoms with Gasteiger partial charge in [0, 0.05) is 18.4 Å². The van der Waals surface area contributed by atoms with Crippen LogP contribution in [0.25, 0.3) is 0 Å². The molecule has 2 heterocycles. The van der Waals surface area contributed by atoms with Crippen LogP contribution in [0.4, 0.5) is 5.69 Å². The molecule has 0 aromatic carbocycles. The third-order valence-corrected chi connectivity index (χ3v) is 3.59. The van der Waals surface area contributed by atoms with Crippen molar-refractivity contribution in [3.05, 3.63) is 24.0 Å². The predicted octanol–water partition coefficient (Wildman–Crippen LogP) is 1.62. The Morgan fingerprint density at radius 1 is 1.53 bits per heavy atom. The van der Waals surface area contributed by atoms with E-state index in [4.69, 9.17) is 0 Å². The summed E-state index contributed by atoms with van der Waals surface area (Å²) < 4.78 is 4.66. The normalized spacial score (nSPS) is 17.2. The van der Waals surface area contributed by atoms with Gasteiger partial charge in [0.1, 0.15) is 5.69 Å². The van der Waals surface area contributed by atoms with Crippen LogP contribution in [-0.2, 0) is 4.74 Å². The van der Waals surface area contributed by atoms with Gasteiger partial charge in [-0.1, -0.05) is 0 Å². The van der Waals surface area contributed by atoms with Crippen molar-refractivity contribution in [3.8, 4) is 0 Å². The van der Waals surface area contributed by atoms with Crippen LogP contribution in [-0.4, -0.2) is 49.6 Å². The lowest BCUT2D eigenvalue weighted by Gasteiger charge is -2.29. The molecule has 19 heavy (non-hydrogen) atoms. The van der Waals surface area contributed by atoms with E-state index in [1.54, 1.807) is 12.3 Å². The van der Waals surface area contributed by atoms with Gasteiger partial charge in [0.05, 0.1) is 7.11 Å². The van der Waals surface area contributed by atoms with Crippen molar-refractivity contribution in [2.75, 3.05) is 39.1 Å². The summed E-state index contributed by atoms with van der Waals surface area (Å²) in [7, 11) is 3.53. The minimum absolute atomic E-state index is 0.343. The first-order valence-corrected chi connectivity index (χ1v) is 6.66. The molecular weight excluding hydrogens is 242 g/mol. The number of esters is 1. The van der Waals surface area contributed by atoms with Crippen molar-refractivity contribution >= 4 is 11.7 Å². The molecule has 0 bridgehead atoms. The third kappa shape index (κ3) is 3.92. The monoisotopic (exact) mass is 263 g/mol. The lowest BCUT2D eigenvalue weighted by molar-refractivity contribution is 0.0594. The van der Waals surface area contributed by atoms with E-state index in [9.17, 15) is 4.79 Å². The summed E-state index contributed by atoms with van der Waals surface area (Å²) in [5.74, 6) is 0.300. The molecule has 1 aromatic rings. The maximum absolute atomic E-state index is 11.4. The number of nitrogens with one attached hydrogen (secondary N) is 1. The molecule has 0 saturated carbocycles. The summed E-state index contributed by atoms with van der Waals surface area (Å²) >= 11 is 0. The molecule has 1 aromatic heterocycles. The molecule has 0 aliphatic carbocycles. The van der Waals surface area contributed by atoms with Crippen molar-refractivity contribution in [2.45, 2.75) is 12.8 Å². The quantitative estimate of drug-likeness (QED) is 0.837. The second-order valence-electron chi connectivity index (χ2n) is 5.05. The molecule has 5 nitrogen and oxygen atoms in total. The fourth-order valence-electron chi connectivity index (χ4n) is 2.29. The van der Waals surface area contributed by atoms with Gasteiger partial charge in [-0.25, -0.2) is 9.78 Å². The van der Waals surface area contributed by atoms with Gasteiger partial charge >= 0.3 is 5.97 Å². The Kier molecular flexibility index (Phi) is 4.74. The minimum Gasteiger partial charge on any atom is -0.464 e. The van der Waals surface area contributed by atoms with Crippen LogP contribution < -0.4 is 5.32 Å². The number of methoxy groups -OCH3 is 1. The van der Waals surface area contributed by atoms with E-state index in [0.29, 0.717) is 11.6 Å². The Morgan fingerprint density at radius 2 is 2.26 bits per heavy atom. The highest BCUT2D eigenvalue weighted by Crippen LogP contribution is 2.17. The summed E-state index contributed by atoms with van der Waals surface area (Å²) in [5, 5.41) is 3.38. The van der Waals surface area contributed by atoms with Crippen LogP contribution in [0.1, 0.15) is 23.3 Å². The van der Waals surface area contributed by atoms with E-state index in [2.05, 4.69) is 27.0 Å². The largest absolute Gasteiger partial charge is 0.464 e. The summed E-state index contributed by atoms with van der Waals surface area (Å²) in [6.07, 6.45) is 4.07. The first-order chi connectivity index (χ1) is 9.19. The fraction of sp³-hybridized carbons (Fsp3) is 0.571. The van der Waals surface area contributed by atoms with Crippen molar-refractivity contribution in [1.29, 1.82) is 0 Å². The number of carbonyl (C=O) groups excluding carboxylic acids is 1. The highest BCUT2D eigenvalue weighted by Gasteiger charge is 2.16. The first kappa shape index (κ1) is 13.8. The van der Waals surface area contributed by atoms with Crippen LogP contribution >= 0.6 is 0 Å². The van der Waals surface area contributed by atoms with E-state index >= 15 is 0 Å². The highest BCUT2D eigenvalue weighted by molar-refractivity contribution is 5.88. The van der Waals surface area contributed by atoms with Gasteiger partial charge in [0.2, 0.25) is 0 Å². The van der Waals surface area contributed by atoms with E-state index in [1.807, 2.05) is 6.07 Å². The Bertz CT molecular complexity index is 428. The maximum Gasteiger partial charge on any atom is 0.356 e. The van der Waals surface area contributed by atoms with E-state index in [0.717, 1.165) is 25.3 Å². The van der Waals surface area contributed by atoms with Crippen molar-refractivity contribution < 1.29 is 9.53 Å². The molecule has 2 rings (SSSR count). The van der Waals surface area contributed by atoms with Gasteiger partial charge in [0.15, 0.2) is 0 Å². The standard InChI is InChI=1S/C14H21N3O2/c1-17-7-4-11(5-8-17)10-16-12-3-6-15-13(9-12)14(18)19-2/h3,6,9,11H,4-5,7-8,10H2,1-2H3,(H,15,16). The van der Waals surface area contributed by atoms with Crippen LogP contribution in [0.3, 0.4) is 0 Å². The van der Waals surface area contributed by atoms with Gasteiger partial charge in [-0.05, 0) is 51.0 Å². The molecule has 1 N–H and O–H groups in total. The van der Waals surface area contributed by atoms with Crippen LogP contribution in [0.5, 0.6) is 0 Å². The Labute approximate surface area is 114 Å². The van der Waals surface area contributed by atoms with Gasteiger partial charge in [-0.15, -0.1) is 0 Å². The zero-order chi connectivity index (χ0) is 13.7. The zero-order valence-electron chi connectivity index (χ0n) is 11.6. The summed E-state index contributed by atoms with van der Waals surface area (Å²) in [4.78, 5) is 17.7. The van der Waals surface area contributed by atoms with E-state index < -0.39 is 5.97 Å². The topological polar surface area (TPSA) is 54.5 Å². The van der Waals surface area contributed by atoms with Gasteiger partial charge in [-0.2, -0.15) is 0 Å². The number of anilines is 1. The lowest BCUT2D eigenvalue weighted by Crippen LogP contribution is -2.32. The minimum atomic E-state index is -0.400. The summed E-state index contributed by atoms with van der Waals surface area (Å²) in [5.41, 5.74) is 1.27. The molecule has 1 saturated heterocycles. The van der Waals surface area contributed by atoms with Gasteiger partial charge < -0.3 is 15.0 Å². The number of likely N-dealkylation sites (tertiary alicyclic amines) is 1.